The Morgan fingerprint density at radius 3 is 3.00 bits per heavy atom. The van der Waals surface area contributed by atoms with Crippen molar-refractivity contribution in [1.29, 1.82) is 5.26 Å². The minimum absolute atomic E-state index is 0.114. The number of aromatic nitrogens is 1. The molecule has 0 aliphatic heterocycles. The van der Waals surface area contributed by atoms with Crippen molar-refractivity contribution in [3.8, 4) is 17.3 Å². The fourth-order valence-electron chi connectivity index (χ4n) is 1.61. The summed E-state index contributed by atoms with van der Waals surface area (Å²) in [7, 11) is 0. The molecule has 112 valence electrons. The summed E-state index contributed by atoms with van der Waals surface area (Å²) in [5.41, 5.74) is 1.43. The smallest absolute Gasteiger partial charge is 0.350 e. The molecule has 0 bridgehead atoms. The molecule has 1 N–H and O–H groups in total. The number of benzene rings is 1. The van der Waals surface area contributed by atoms with Gasteiger partial charge in [-0.25, -0.2) is 9.78 Å². The van der Waals surface area contributed by atoms with Crippen molar-refractivity contribution in [3.63, 3.8) is 0 Å². The van der Waals surface area contributed by atoms with Crippen molar-refractivity contribution in [2.24, 2.45) is 0 Å². The van der Waals surface area contributed by atoms with Crippen LogP contribution in [0.25, 0.3) is 11.3 Å². The van der Waals surface area contributed by atoms with Crippen LogP contribution in [-0.4, -0.2) is 17.6 Å². The zero-order valence-corrected chi connectivity index (χ0v) is 13.2. The van der Waals surface area contributed by atoms with Gasteiger partial charge in [0.15, 0.2) is 10.7 Å². The molecule has 0 saturated heterocycles. The van der Waals surface area contributed by atoms with Crippen LogP contribution in [-0.2, 0) is 9.53 Å². The number of carbonyl (C=O) groups is 1. The Bertz CT molecular complexity index is 749. The molecule has 2 aromatic rings. The van der Waals surface area contributed by atoms with Crippen molar-refractivity contribution in [2.45, 2.75) is 6.92 Å². The summed E-state index contributed by atoms with van der Waals surface area (Å²) in [5, 5.41) is 14.8. The third-order valence-electron chi connectivity index (χ3n) is 2.61. The number of nitrogens with zero attached hydrogens (tertiary/aromatic N) is 2. The fraction of sp³-hybridized carbons (Fsp3) is 0.133. The maximum Gasteiger partial charge on any atom is 0.350 e. The first-order valence-corrected chi connectivity index (χ1v) is 7.65. The van der Waals surface area contributed by atoms with Crippen molar-refractivity contribution in [3.05, 3.63) is 46.4 Å². The minimum atomic E-state index is -0.666. The highest BCUT2D eigenvalue weighted by Gasteiger charge is 2.11. The number of nitriles is 1. The fourth-order valence-corrected chi connectivity index (χ4v) is 2.53. The number of hydrogen-bond donors (Lipinski definition) is 1. The van der Waals surface area contributed by atoms with Crippen LogP contribution in [0, 0.1) is 11.3 Å². The van der Waals surface area contributed by atoms with Crippen molar-refractivity contribution < 1.29 is 9.53 Å². The molecule has 0 unspecified atom stereocenters. The standard InChI is InChI=1S/C15H12ClN3O2S/c1-2-21-14(20)10(7-17)8-18-15-19-13(9-22-15)11-5-3-4-6-12(11)16/h3-6,8-9H,2H2,1H3,(H,18,19)/b10-8+. The maximum atomic E-state index is 11.5. The largest absolute Gasteiger partial charge is 0.462 e. The first-order chi connectivity index (χ1) is 10.7. The highest BCUT2D eigenvalue weighted by molar-refractivity contribution is 7.14. The van der Waals surface area contributed by atoms with E-state index in [2.05, 4.69) is 10.3 Å². The van der Waals surface area contributed by atoms with Gasteiger partial charge in [-0.05, 0) is 13.0 Å². The van der Waals surface area contributed by atoms with Crippen LogP contribution < -0.4 is 5.32 Å². The van der Waals surface area contributed by atoms with Crippen molar-refractivity contribution in [2.75, 3.05) is 11.9 Å². The Morgan fingerprint density at radius 2 is 2.32 bits per heavy atom. The van der Waals surface area contributed by atoms with E-state index in [1.807, 2.05) is 23.6 Å². The molecule has 0 atom stereocenters. The summed E-state index contributed by atoms with van der Waals surface area (Å²) in [5.74, 6) is -0.666. The number of esters is 1. The molecule has 0 radical (unpaired) electrons. The van der Waals surface area contributed by atoms with Crippen LogP contribution >= 0.6 is 22.9 Å². The molecule has 0 aliphatic rings. The quantitative estimate of drug-likeness (QED) is 0.511. The Labute approximate surface area is 136 Å². The van der Waals surface area contributed by atoms with Crippen LogP contribution in [0.2, 0.25) is 5.02 Å². The lowest BCUT2D eigenvalue weighted by molar-refractivity contribution is -0.138. The molecular weight excluding hydrogens is 322 g/mol. The van der Waals surface area contributed by atoms with E-state index in [0.29, 0.717) is 10.2 Å². The minimum Gasteiger partial charge on any atom is -0.462 e. The van der Waals surface area contributed by atoms with E-state index in [1.165, 1.54) is 17.5 Å². The molecule has 0 aliphatic carbocycles. The number of rotatable bonds is 5. The average molecular weight is 334 g/mol. The van der Waals surface area contributed by atoms with Crippen molar-refractivity contribution in [1.82, 2.24) is 4.98 Å². The van der Waals surface area contributed by atoms with E-state index < -0.39 is 5.97 Å². The van der Waals surface area contributed by atoms with Gasteiger partial charge >= 0.3 is 5.97 Å². The Kier molecular flexibility index (Phi) is 5.53. The second-order valence-electron chi connectivity index (χ2n) is 4.05. The summed E-state index contributed by atoms with van der Waals surface area (Å²) in [4.78, 5) is 15.8. The van der Waals surface area contributed by atoms with Gasteiger partial charge in [-0.15, -0.1) is 11.3 Å². The summed E-state index contributed by atoms with van der Waals surface area (Å²) >= 11 is 7.47. The van der Waals surface area contributed by atoms with Gasteiger partial charge in [-0.2, -0.15) is 5.26 Å². The van der Waals surface area contributed by atoms with E-state index in [9.17, 15) is 4.79 Å². The molecule has 1 aromatic carbocycles. The predicted molar refractivity (Wildman–Crippen MR) is 86.5 cm³/mol. The van der Waals surface area contributed by atoms with Crippen LogP contribution in [0.5, 0.6) is 0 Å². The Balaban J connectivity index is 2.14. The molecule has 5 nitrogen and oxygen atoms in total. The van der Waals surface area contributed by atoms with Crippen LogP contribution in [0.15, 0.2) is 41.4 Å². The van der Waals surface area contributed by atoms with E-state index in [-0.39, 0.29) is 12.2 Å². The molecule has 1 aromatic heterocycles. The average Bonchev–Trinajstić information content (AvgIpc) is 2.97. The van der Waals surface area contributed by atoms with Crippen molar-refractivity contribution >= 4 is 34.0 Å². The van der Waals surface area contributed by atoms with E-state index in [1.54, 1.807) is 19.1 Å². The van der Waals surface area contributed by atoms with E-state index in [4.69, 9.17) is 21.6 Å². The van der Waals surface area contributed by atoms with Gasteiger partial charge < -0.3 is 10.1 Å². The SMILES string of the molecule is CCOC(=O)/C(C#N)=C/Nc1nc(-c2ccccc2Cl)cs1. The highest BCUT2D eigenvalue weighted by atomic mass is 35.5. The molecule has 0 spiro atoms. The van der Waals surface area contributed by atoms with Gasteiger partial charge in [0.1, 0.15) is 6.07 Å². The predicted octanol–water partition coefficient (Wildman–Crippen LogP) is 3.85. The first-order valence-electron chi connectivity index (χ1n) is 6.40. The van der Waals surface area contributed by atoms with Gasteiger partial charge in [-0.1, -0.05) is 29.8 Å². The van der Waals surface area contributed by atoms with E-state index >= 15 is 0 Å². The second-order valence-corrected chi connectivity index (χ2v) is 5.32. The number of anilines is 1. The molecule has 2 rings (SSSR count). The molecule has 7 heteroatoms. The number of nitrogens with one attached hydrogen (secondary N) is 1. The Hall–Kier alpha value is -2.36. The Morgan fingerprint density at radius 1 is 1.55 bits per heavy atom. The number of carbonyl (C=O) groups excluding carboxylic acids is 1. The number of hydrogen-bond acceptors (Lipinski definition) is 6. The zero-order valence-electron chi connectivity index (χ0n) is 11.7. The second kappa shape index (κ2) is 7.59. The van der Waals surface area contributed by atoms with E-state index in [0.717, 1.165) is 11.3 Å². The molecule has 22 heavy (non-hydrogen) atoms. The van der Waals surface area contributed by atoms with Crippen LogP contribution in [0.4, 0.5) is 5.13 Å². The molecule has 0 amide bonds. The molecule has 0 saturated carbocycles. The summed E-state index contributed by atoms with van der Waals surface area (Å²) in [6, 6.07) is 9.17. The van der Waals surface area contributed by atoms with Gasteiger partial charge in [0.2, 0.25) is 0 Å². The number of thiazole rings is 1. The van der Waals surface area contributed by atoms with Crippen LogP contribution in [0.1, 0.15) is 6.92 Å². The zero-order chi connectivity index (χ0) is 15.9. The third kappa shape index (κ3) is 3.85. The third-order valence-corrected chi connectivity index (χ3v) is 3.71. The lowest BCUT2D eigenvalue weighted by Gasteiger charge is -2.00. The molecular formula is C15H12ClN3O2S. The summed E-state index contributed by atoms with van der Waals surface area (Å²) in [6.45, 7) is 1.89. The topological polar surface area (TPSA) is 75.0 Å². The van der Waals surface area contributed by atoms with Crippen LogP contribution in [0.3, 0.4) is 0 Å². The lowest BCUT2D eigenvalue weighted by atomic mass is 10.2. The maximum absolute atomic E-state index is 11.5. The molecule has 0 fully saturated rings. The van der Waals surface area contributed by atoms with Gasteiger partial charge in [0.25, 0.3) is 0 Å². The lowest BCUT2D eigenvalue weighted by Crippen LogP contribution is -2.07. The summed E-state index contributed by atoms with van der Waals surface area (Å²) in [6.07, 6.45) is 1.28. The first kappa shape index (κ1) is 16.0. The normalized spacial score (nSPS) is 10.9. The summed E-state index contributed by atoms with van der Waals surface area (Å²) < 4.78 is 4.77. The molecule has 1 heterocycles. The van der Waals surface area contributed by atoms with Gasteiger partial charge in [0.05, 0.1) is 12.3 Å². The monoisotopic (exact) mass is 333 g/mol. The van der Waals surface area contributed by atoms with Gasteiger partial charge in [0, 0.05) is 22.2 Å². The number of halogens is 1. The van der Waals surface area contributed by atoms with Gasteiger partial charge in [-0.3, -0.25) is 0 Å². The number of ether oxygens (including phenoxy) is 1. The highest BCUT2D eigenvalue weighted by Crippen LogP contribution is 2.30.